The maximum Gasteiger partial charge on any atom is 0.164 e. The molecule has 3 heterocycles. The second-order valence-electron chi connectivity index (χ2n) is 16.5. The molecule has 0 saturated heterocycles. The van der Waals surface area contributed by atoms with E-state index in [0.29, 0.717) is 12.6 Å². The van der Waals surface area contributed by atoms with Crippen molar-refractivity contribution in [3.8, 4) is 0 Å². The first-order chi connectivity index (χ1) is 24.5. The summed E-state index contributed by atoms with van der Waals surface area (Å²) in [6.07, 6.45) is 5.90. The molecule has 2 aromatic heterocycles. The van der Waals surface area contributed by atoms with Crippen LogP contribution in [0.1, 0.15) is 128 Å². The van der Waals surface area contributed by atoms with Gasteiger partial charge in [0.2, 0.25) is 0 Å². The molecular weight excluding hydrogens is 869 g/mol. The Balaban J connectivity index is 0.000000299. The Labute approximate surface area is 339 Å². The number of anilines is 1. The molecule has 7 heteroatoms. The number of benzene rings is 3. The van der Waals surface area contributed by atoms with Crippen molar-refractivity contribution in [1.82, 2.24) is 0 Å². The summed E-state index contributed by atoms with van der Waals surface area (Å²) in [5.74, 6) is 0.948. The van der Waals surface area contributed by atoms with Gasteiger partial charge in [0.05, 0.1) is 21.8 Å². The van der Waals surface area contributed by atoms with E-state index in [0.717, 1.165) is 48.8 Å². The molecule has 0 amide bonds. The van der Waals surface area contributed by atoms with Crippen molar-refractivity contribution in [3.63, 3.8) is 0 Å². The van der Waals surface area contributed by atoms with Gasteiger partial charge in [0, 0.05) is 57.9 Å². The van der Waals surface area contributed by atoms with Crippen LogP contribution in [-0.4, -0.2) is 23.3 Å². The van der Waals surface area contributed by atoms with Crippen molar-refractivity contribution >= 4 is 70.8 Å². The number of aliphatic hydroxyl groups excluding tert-OH is 1. The number of aliphatic hydroxyl groups is 1. The minimum Gasteiger partial charge on any atom is -0.512 e. The summed E-state index contributed by atoms with van der Waals surface area (Å²) < 4.78 is 2.81. The van der Waals surface area contributed by atoms with Crippen molar-refractivity contribution in [2.75, 3.05) is 12.0 Å². The first kappa shape index (κ1) is 42.9. The molecule has 53 heavy (non-hydrogen) atoms. The Bertz CT molecular complexity index is 2150. The van der Waals surface area contributed by atoms with Crippen LogP contribution in [0.3, 0.4) is 0 Å². The predicted molar refractivity (Wildman–Crippen MR) is 229 cm³/mol. The third-order valence-corrected chi connectivity index (χ3v) is 14.3. The normalized spacial score (nSPS) is 13.8. The van der Waals surface area contributed by atoms with Gasteiger partial charge < -0.3 is 15.4 Å². The first-order valence-corrected chi connectivity index (χ1v) is 20.8. The monoisotopic (exact) mass is 928 g/mol. The average Bonchev–Trinajstić information content (AvgIpc) is 3.66. The number of carbonyl (C=O) groups is 1. The molecule has 1 aliphatic heterocycles. The van der Waals surface area contributed by atoms with Crippen LogP contribution >= 0.6 is 22.7 Å². The number of rotatable bonds is 10. The fourth-order valence-electron chi connectivity index (χ4n) is 6.93. The minimum absolute atomic E-state index is 0. The molecule has 287 valence electrons. The Morgan fingerprint density at radius 3 is 2.11 bits per heavy atom. The van der Waals surface area contributed by atoms with Crippen LogP contribution in [0.15, 0.2) is 59.3 Å². The number of carbonyl (C=O) groups excluding carboxylic acids is 1. The number of hydrogen-bond acceptors (Lipinski definition) is 6. The van der Waals surface area contributed by atoms with E-state index in [-0.39, 0.29) is 47.9 Å². The number of hydrogen-bond donors (Lipinski definition) is 2. The van der Waals surface area contributed by atoms with Gasteiger partial charge in [-0.15, -0.1) is 51.8 Å². The first-order valence-electron chi connectivity index (χ1n) is 19.2. The minimum atomic E-state index is -0.337. The molecule has 4 nitrogen and oxygen atoms in total. The van der Waals surface area contributed by atoms with Gasteiger partial charge in [-0.3, -0.25) is 4.79 Å². The Kier molecular flexibility index (Phi) is 13.7. The Morgan fingerprint density at radius 2 is 1.51 bits per heavy atom. The van der Waals surface area contributed by atoms with Gasteiger partial charge in [0.25, 0.3) is 0 Å². The molecule has 0 atom stereocenters. The van der Waals surface area contributed by atoms with Crippen molar-refractivity contribution in [1.29, 1.82) is 0 Å². The van der Waals surface area contributed by atoms with Crippen molar-refractivity contribution in [2.45, 2.75) is 121 Å². The van der Waals surface area contributed by atoms with Gasteiger partial charge in [-0.2, -0.15) is 0 Å². The van der Waals surface area contributed by atoms with Crippen LogP contribution in [0, 0.1) is 29.7 Å². The SMILES string of the molecule is CCC(C)(CC)C(=O)/C=C(\O)C(C)(CC)CC.Cc1c(CC(C)C)sc2c1ccc1c3c(sc12)C(c1[c-]c2ccccc2c(C(C)(C)C)c1)=NCN3.[Ir]. The second kappa shape index (κ2) is 16.9. The number of nitrogens with one attached hydrogen (secondary N) is 1. The summed E-state index contributed by atoms with van der Waals surface area (Å²) in [7, 11) is 0. The van der Waals surface area contributed by atoms with E-state index in [1.54, 1.807) is 0 Å². The number of ketones is 1. The summed E-state index contributed by atoms with van der Waals surface area (Å²) in [5.41, 5.74) is 5.63. The number of allylic oxidation sites excluding steroid dienone is 2. The molecule has 5 aromatic rings. The van der Waals surface area contributed by atoms with Crippen LogP contribution in [0.4, 0.5) is 5.69 Å². The number of aryl methyl sites for hydroxylation is 1. The summed E-state index contributed by atoms with van der Waals surface area (Å²) in [6, 6.07) is 19.3. The van der Waals surface area contributed by atoms with E-state index in [1.807, 2.05) is 64.2 Å². The number of thiophene rings is 2. The van der Waals surface area contributed by atoms with Crippen molar-refractivity contribution < 1.29 is 30.0 Å². The smallest absolute Gasteiger partial charge is 0.164 e. The quantitative estimate of drug-likeness (QED) is 0.0833. The van der Waals surface area contributed by atoms with Gasteiger partial charge in [0.1, 0.15) is 5.76 Å². The molecule has 1 aliphatic rings. The van der Waals surface area contributed by atoms with E-state index in [9.17, 15) is 9.90 Å². The van der Waals surface area contributed by atoms with Gasteiger partial charge in [-0.1, -0.05) is 117 Å². The van der Waals surface area contributed by atoms with E-state index in [4.69, 9.17) is 4.99 Å². The van der Waals surface area contributed by atoms with Crippen LogP contribution in [0.2, 0.25) is 0 Å². The molecule has 0 bridgehead atoms. The molecule has 3 aromatic carbocycles. The van der Waals surface area contributed by atoms with E-state index >= 15 is 0 Å². The molecule has 0 fully saturated rings. The molecule has 0 saturated carbocycles. The van der Waals surface area contributed by atoms with Gasteiger partial charge in [-0.05, 0) is 61.3 Å². The van der Waals surface area contributed by atoms with Gasteiger partial charge in [-0.25, -0.2) is 0 Å². The Morgan fingerprint density at radius 1 is 0.906 bits per heavy atom. The van der Waals surface area contributed by atoms with E-state index < -0.39 is 0 Å². The summed E-state index contributed by atoms with van der Waals surface area (Å²) in [6.45, 7) is 26.5. The molecule has 6 rings (SSSR count). The van der Waals surface area contributed by atoms with Crippen LogP contribution < -0.4 is 5.32 Å². The standard InChI is InChI=1S/C31H31N2S2.C15H28O2.Ir/c1-17(2)13-25-18(3)21-11-12-23-27-30(35-29(23)28(21)34-25)26(32-16-33-27)20-14-19-9-7-8-10-22(19)24(15-20)31(4,5)6;1-7-14(5,8-2)12(16)11-13(17)15(6,9-3)10-4;/h7-12,15,17,33H,13,16H2,1-6H3;11,16H,7-10H2,1-6H3;/q-1;;/b;12-11-;. The van der Waals surface area contributed by atoms with E-state index in [2.05, 4.69) is 95.4 Å². The second-order valence-corrected chi connectivity index (χ2v) is 18.7. The fraction of sp³-hybridized carbons (Fsp3) is 0.478. The number of aliphatic imine (C=N–C) groups is 1. The van der Waals surface area contributed by atoms with Crippen molar-refractivity contribution in [3.05, 3.63) is 86.8 Å². The van der Waals surface area contributed by atoms with Crippen LogP contribution in [0.25, 0.3) is 30.9 Å². The number of fused-ring (bicyclic) bond motifs is 6. The predicted octanol–water partition coefficient (Wildman–Crippen LogP) is 13.7. The fourth-order valence-corrected chi connectivity index (χ4v) is 9.88. The average molecular weight is 928 g/mol. The van der Waals surface area contributed by atoms with Crippen LogP contribution in [-0.2, 0) is 36.7 Å². The Hall–Kier alpha value is -2.83. The molecule has 1 radical (unpaired) electrons. The third kappa shape index (κ3) is 8.54. The number of nitrogens with zero attached hydrogens (tertiary/aromatic N) is 1. The van der Waals surface area contributed by atoms with Gasteiger partial charge >= 0.3 is 0 Å². The summed E-state index contributed by atoms with van der Waals surface area (Å²) in [5, 5.41) is 18.9. The van der Waals surface area contributed by atoms with Crippen molar-refractivity contribution in [2.24, 2.45) is 21.7 Å². The summed E-state index contributed by atoms with van der Waals surface area (Å²) >= 11 is 3.87. The molecule has 2 N–H and O–H groups in total. The zero-order valence-electron chi connectivity index (χ0n) is 33.9. The van der Waals surface area contributed by atoms with E-state index in [1.165, 1.54) is 58.2 Å². The molecular formula is C46H59IrN2O2S2-. The van der Waals surface area contributed by atoms with Crippen LogP contribution in [0.5, 0.6) is 0 Å². The molecule has 0 aliphatic carbocycles. The topological polar surface area (TPSA) is 61.7 Å². The zero-order valence-corrected chi connectivity index (χ0v) is 37.9. The summed E-state index contributed by atoms with van der Waals surface area (Å²) in [4.78, 5) is 19.9. The molecule has 0 unspecified atom stereocenters. The van der Waals surface area contributed by atoms with Gasteiger partial charge in [0.15, 0.2) is 5.78 Å². The zero-order chi connectivity index (χ0) is 38.2. The maximum atomic E-state index is 12.2. The largest absolute Gasteiger partial charge is 0.512 e. The molecule has 0 spiro atoms. The maximum absolute atomic E-state index is 12.2. The third-order valence-electron chi connectivity index (χ3n) is 11.6.